The fraction of sp³-hybridized carbons (Fsp3) is 0.781. The molecule has 0 heterocycles. The normalized spacial score (nSPS) is 38.7. The fourth-order valence-corrected chi connectivity index (χ4v) is 9.04. The second-order valence-corrected chi connectivity index (χ2v) is 14.3. The molecule has 7 heteroatoms. The van der Waals surface area contributed by atoms with E-state index in [1.165, 1.54) is 26.3 Å². The molecule has 0 radical (unpaired) electrons. The maximum absolute atomic E-state index is 12.9. The van der Waals surface area contributed by atoms with Crippen LogP contribution in [0.1, 0.15) is 87.0 Å². The van der Waals surface area contributed by atoms with E-state index >= 15 is 0 Å². The number of rotatable bonds is 8. The number of ketones is 2. The molecule has 7 nitrogen and oxygen atoms in total. The van der Waals surface area contributed by atoms with Gasteiger partial charge in [0.1, 0.15) is 17.8 Å². The van der Waals surface area contributed by atoms with Crippen molar-refractivity contribution in [2.75, 3.05) is 6.61 Å². The Morgan fingerprint density at radius 2 is 1.85 bits per heavy atom. The van der Waals surface area contributed by atoms with Gasteiger partial charge in [-0.05, 0) is 93.0 Å². The Hall–Kier alpha value is -1.83. The summed E-state index contributed by atoms with van der Waals surface area (Å²) in [5, 5.41) is 30.9. The second kappa shape index (κ2) is 10.2. The van der Waals surface area contributed by atoms with Crippen LogP contribution in [-0.4, -0.2) is 57.3 Å². The Bertz CT molecular complexity index is 1060. The highest BCUT2D eigenvalue weighted by molar-refractivity contribution is 5.95. The van der Waals surface area contributed by atoms with Gasteiger partial charge in [-0.1, -0.05) is 45.4 Å². The van der Waals surface area contributed by atoms with E-state index in [9.17, 15) is 29.7 Å². The van der Waals surface area contributed by atoms with Crippen molar-refractivity contribution in [2.45, 2.75) is 105 Å². The van der Waals surface area contributed by atoms with Crippen molar-refractivity contribution in [2.24, 2.45) is 45.8 Å². The summed E-state index contributed by atoms with van der Waals surface area (Å²) in [6.45, 7) is 12.7. The third-order valence-electron chi connectivity index (χ3n) is 11.2. The first-order valence-electron chi connectivity index (χ1n) is 14.7. The topological polar surface area (TPSA) is 121 Å². The first kappa shape index (κ1) is 30.1. The highest BCUT2D eigenvalue weighted by Gasteiger charge is 2.63. The number of carbonyl (C=O) groups excluding carboxylic acids is 3. The van der Waals surface area contributed by atoms with Gasteiger partial charge in [0.2, 0.25) is 0 Å². The summed E-state index contributed by atoms with van der Waals surface area (Å²) >= 11 is 0. The van der Waals surface area contributed by atoms with Crippen molar-refractivity contribution in [3.8, 4) is 0 Å². The Morgan fingerprint density at radius 3 is 2.44 bits per heavy atom. The standard InChI is InChI=1S/C32H48O7/c1-18(34)39-24-16-25-29(2,3)26(36)13-15-32(25,7)22-12-14-31(6)20(9-10-21(31)27(22)24)19(17-33)8-11-23(35)28(37)30(4,5)38/h10,13,15,19-20,22-25,27,33,35,38H,8-9,11-12,14,16-17H2,1-7H3/t19?,20-,22+,23?,24-,25+,27+,31-,32-/m1/s1. The van der Waals surface area contributed by atoms with Crippen molar-refractivity contribution in [3.05, 3.63) is 23.8 Å². The average Bonchev–Trinajstić information content (AvgIpc) is 3.19. The summed E-state index contributed by atoms with van der Waals surface area (Å²) in [6, 6.07) is 0. The van der Waals surface area contributed by atoms with Gasteiger partial charge in [-0.15, -0.1) is 0 Å². The van der Waals surface area contributed by atoms with E-state index in [1.54, 1.807) is 6.08 Å². The molecule has 0 bridgehead atoms. The van der Waals surface area contributed by atoms with Crippen molar-refractivity contribution in [1.29, 1.82) is 0 Å². The number of ether oxygens (including phenoxy) is 1. The molecule has 0 aliphatic heterocycles. The van der Waals surface area contributed by atoms with Gasteiger partial charge in [-0.2, -0.15) is 0 Å². The van der Waals surface area contributed by atoms with E-state index in [0.717, 1.165) is 19.3 Å². The molecule has 4 rings (SSSR count). The van der Waals surface area contributed by atoms with Crippen molar-refractivity contribution in [3.63, 3.8) is 0 Å². The lowest BCUT2D eigenvalue weighted by Crippen LogP contribution is -2.60. The average molecular weight is 545 g/mol. The maximum atomic E-state index is 12.9. The van der Waals surface area contributed by atoms with Crippen LogP contribution in [0.4, 0.5) is 0 Å². The molecule has 9 atom stereocenters. The summed E-state index contributed by atoms with van der Waals surface area (Å²) in [6.07, 6.45) is 8.52. The quantitative estimate of drug-likeness (QED) is 0.310. The van der Waals surface area contributed by atoms with Crippen LogP contribution < -0.4 is 0 Å². The first-order chi connectivity index (χ1) is 18.0. The SMILES string of the molecule is CC(=O)O[C@@H]1C[C@H]2C(C)(C)C(=O)C=C[C@]2(C)[C@H]2CC[C@@]3(C)C(=CC[C@@H]3C(CO)CCC(O)C(=O)C(C)(C)O)[C@H]12. The summed E-state index contributed by atoms with van der Waals surface area (Å²) in [5.41, 5.74) is -1.25. The predicted molar refractivity (Wildman–Crippen MR) is 147 cm³/mol. The number of esters is 1. The highest BCUT2D eigenvalue weighted by atomic mass is 16.5. The lowest BCUT2D eigenvalue weighted by atomic mass is 9.43. The van der Waals surface area contributed by atoms with Gasteiger partial charge in [0, 0.05) is 24.9 Å². The largest absolute Gasteiger partial charge is 0.462 e. The molecule has 218 valence electrons. The predicted octanol–water partition coefficient (Wildman–Crippen LogP) is 4.18. The van der Waals surface area contributed by atoms with Crippen LogP contribution in [0.5, 0.6) is 0 Å². The summed E-state index contributed by atoms with van der Waals surface area (Å²) in [7, 11) is 0. The zero-order valence-electron chi connectivity index (χ0n) is 24.7. The molecule has 0 saturated heterocycles. The Kier molecular flexibility index (Phi) is 7.90. The van der Waals surface area contributed by atoms with Crippen LogP contribution >= 0.6 is 0 Å². The van der Waals surface area contributed by atoms with Gasteiger partial charge in [-0.25, -0.2) is 0 Å². The minimum absolute atomic E-state index is 0.0363. The fourth-order valence-electron chi connectivity index (χ4n) is 9.04. The molecule has 0 spiro atoms. The number of allylic oxidation sites excluding steroid dienone is 3. The molecule has 0 aromatic heterocycles. The monoisotopic (exact) mass is 544 g/mol. The third-order valence-corrected chi connectivity index (χ3v) is 11.2. The van der Waals surface area contributed by atoms with Crippen LogP contribution in [0.3, 0.4) is 0 Å². The molecule has 0 amide bonds. The van der Waals surface area contributed by atoms with Gasteiger partial charge >= 0.3 is 5.97 Å². The molecule has 4 aliphatic rings. The number of carbonyl (C=O) groups is 3. The summed E-state index contributed by atoms with van der Waals surface area (Å²) < 4.78 is 6.04. The Labute approximate surface area is 233 Å². The second-order valence-electron chi connectivity index (χ2n) is 14.3. The van der Waals surface area contributed by atoms with Crippen LogP contribution in [0.15, 0.2) is 23.8 Å². The number of hydrogen-bond donors (Lipinski definition) is 3. The van der Waals surface area contributed by atoms with E-state index in [2.05, 4.69) is 26.0 Å². The zero-order chi connectivity index (χ0) is 29.1. The molecule has 2 saturated carbocycles. The van der Waals surface area contributed by atoms with Crippen molar-refractivity contribution in [1.82, 2.24) is 0 Å². The minimum Gasteiger partial charge on any atom is -0.462 e. The Morgan fingerprint density at radius 1 is 1.18 bits per heavy atom. The van der Waals surface area contributed by atoms with Gasteiger partial charge < -0.3 is 20.1 Å². The Balaban J connectivity index is 1.62. The zero-order valence-corrected chi connectivity index (χ0v) is 24.7. The van der Waals surface area contributed by atoms with E-state index in [1.807, 2.05) is 13.8 Å². The lowest BCUT2D eigenvalue weighted by Gasteiger charge is -2.62. The van der Waals surface area contributed by atoms with Crippen LogP contribution in [-0.2, 0) is 19.1 Å². The summed E-state index contributed by atoms with van der Waals surface area (Å²) in [4.78, 5) is 37.5. The highest BCUT2D eigenvalue weighted by Crippen LogP contribution is 2.68. The van der Waals surface area contributed by atoms with Crippen LogP contribution in [0, 0.1) is 45.8 Å². The number of hydrogen-bond acceptors (Lipinski definition) is 7. The molecule has 2 unspecified atom stereocenters. The van der Waals surface area contributed by atoms with Gasteiger partial charge in [0.05, 0.1) is 0 Å². The van der Waals surface area contributed by atoms with E-state index in [0.29, 0.717) is 12.8 Å². The molecular formula is C32H48O7. The van der Waals surface area contributed by atoms with E-state index < -0.39 is 22.9 Å². The molecule has 4 aliphatic carbocycles. The smallest absolute Gasteiger partial charge is 0.302 e. The third kappa shape index (κ3) is 4.97. The number of aliphatic hydroxyl groups excluding tert-OH is 2. The van der Waals surface area contributed by atoms with Crippen molar-refractivity contribution >= 4 is 17.5 Å². The maximum Gasteiger partial charge on any atom is 0.302 e. The summed E-state index contributed by atoms with van der Waals surface area (Å²) in [5.74, 6) is -0.445. The van der Waals surface area contributed by atoms with Gasteiger partial charge in [0.15, 0.2) is 11.6 Å². The van der Waals surface area contributed by atoms with E-state index in [4.69, 9.17) is 4.74 Å². The van der Waals surface area contributed by atoms with Gasteiger partial charge in [0.25, 0.3) is 0 Å². The lowest BCUT2D eigenvalue weighted by molar-refractivity contribution is -0.169. The molecule has 2 fully saturated rings. The number of Topliss-reactive ketones (excluding diaryl/α,β-unsaturated/α-hetero) is 1. The van der Waals surface area contributed by atoms with Crippen molar-refractivity contribution < 1.29 is 34.4 Å². The molecule has 3 N–H and O–H groups in total. The molecule has 39 heavy (non-hydrogen) atoms. The van der Waals surface area contributed by atoms with Crippen LogP contribution in [0.25, 0.3) is 0 Å². The molecular weight excluding hydrogens is 496 g/mol. The van der Waals surface area contributed by atoms with Crippen LogP contribution in [0.2, 0.25) is 0 Å². The molecule has 0 aromatic carbocycles. The van der Waals surface area contributed by atoms with E-state index in [-0.39, 0.29) is 71.3 Å². The number of fused-ring (bicyclic) bond motifs is 5. The number of aliphatic hydroxyl groups is 3. The first-order valence-corrected chi connectivity index (χ1v) is 14.7. The molecule has 0 aromatic rings. The van der Waals surface area contributed by atoms with Gasteiger partial charge in [-0.3, -0.25) is 14.4 Å². The minimum atomic E-state index is -1.60.